The predicted molar refractivity (Wildman–Crippen MR) is 172 cm³/mol. The van der Waals surface area contributed by atoms with E-state index in [0.29, 0.717) is 0 Å². The van der Waals surface area contributed by atoms with Gasteiger partial charge in [-0.2, -0.15) is 0 Å². The third-order valence-electron chi connectivity index (χ3n) is 7.05. The highest BCUT2D eigenvalue weighted by atomic mass is 16.5. The maximum Gasteiger partial charge on any atom is 0.128 e. The summed E-state index contributed by atoms with van der Waals surface area (Å²) in [6.07, 6.45) is 9.42. The normalized spacial score (nSPS) is 11.2. The van der Waals surface area contributed by atoms with E-state index in [1.165, 1.54) is 5.56 Å². The number of nitrogens with zero attached hydrogens (tertiary/aromatic N) is 1. The molecule has 0 radical (unpaired) electrons. The molecule has 0 N–H and O–H groups in total. The van der Waals surface area contributed by atoms with E-state index in [1.807, 2.05) is 31.2 Å². The van der Waals surface area contributed by atoms with Crippen molar-refractivity contribution in [2.75, 3.05) is 33.3 Å². The maximum atomic E-state index is 5.88. The van der Waals surface area contributed by atoms with Gasteiger partial charge in [0.1, 0.15) is 23.0 Å². The lowest BCUT2D eigenvalue weighted by molar-refractivity contribution is 0.412. The standard InChI is InChI=1S/C36H39NO4/c1-8-9-10-29-21-26(3)28(22-35(29)40-6)13-12-27-14-16-32(24-36(27)41-7)37(30-17-19-33(38-4)20-18-30)31-15-11-25(2)34(23-31)39-5/h9-24H,8H2,1-7H3/b10-9-,13-12-. The third kappa shape index (κ3) is 6.75. The molecule has 212 valence electrons. The number of benzene rings is 4. The molecule has 4 aromatic carbocycles. The highest BCUT2D eigenvalue weighted by molar-refractivity contribution is 5.82. The number of anilines is 3. The minimum atomic E-state index is 0.767. The fourth-order valence-corrected chi connectivity index (χ4v) is 4.74. The van der Waals surface area contributed by atoms with Crippen molar-refractivity contribution in [3.8, 4) is 23.0 Å². The smallest absolute Gasteiger partial charge is 0.128 e. The van der Waals surface area contributed by atoms with Crippen LogP contribution in [-0.2, 0) is 0 Å². The topological polar surface area (TPSA) is 40.2 Å². The Balaban J connectivity index is 1.75. The molecule has 4 rings (SSSR count). The zero-order chi connectivity index (χ0) is 29.4. The number of aryl methyl sites for hydroxylation is 2. The van der Waals surface area contributed by atoms with Crippen LogP contribution in [0, 0.1) is 13.8 Å². The molecule has 0 amide bonds. The number of allylic oxidation sites excluding steroid dienone is 1. The van der Waals surface area contributed by atoms with Gasteiger partial charge < -0.3 is 23.8 Å². The Kier molecular flexibility index (Phi) is 9.75. The van der Waals surface area contributed by atoms with Crippen LogP contribution in [0.1, 0.15) is 41.2 Å². The van der Waals surface area contributed by atoms with Crippen LogP contribution in [0.25, 0.3) is 18.2 Å². The molecule has 0 saturated heterocycles. The van der Waals surface area contributed by atoms with Gasteiger partial charge in [0.05, 0.1) is 28.4 Å². The lowest BCUT2D eigenvalue weighted by Gasteiger charge is -2.27. The van der Waals surface area contributed by atoms with Gasteiger partial charge in [-0.1, -0.05) is 37.3 Å². The minimum absolute atomic E-state index is 0.767. The third-order valence-corrected chi connectivity index (χ3v) is 7.05. The molecule has 0 spiro atoms. The van der Waals surface area contributed by atoms with Crippen molar-refractivity contribution in [1.82, 2.24) is 0 Å². The summed E-state index contributed by atoms with van der Waals surface area (Å²) >= 11 is 0. The first kappa shape index (κ1) is 29.3. The second kappa shape index (κ2) is 13.6. The van der Waals surface area contributed by atoms with E-state index in [9.17, 15) is 0 Å². The molecule has 5 nitrogen and oxygen atoms in total. The van der Waals surface area contributed by atoms with Crippen LogP contribution in [0.4, 0.5) is 17.1 Å². The predicted octanol–water partition coefficient (Wildman–Crippen LogP) is 9.40. The van der Waals surface area contributed by atoms with Crippen LogP contribution in [0.15, 0.2) is 78.9 Å². The number of hydrogen-bond donors (Lipinski definition) is 0. The van der Waals surface area contributed by atoms with E-state index in [0.717, 1.165) is 68.7 Å². The second-order valence-electron chi connectivity index (χ2n) is 9.71. The minimum Gasteiger partial charge on any atom is -0.497 e. The molecule has 0 heterocycles. The first-order valence-electron chi connectivity index (χ1n) is 13.7. The van der Waals surface area contributed by atoms with Crippen molar-refractivity contribution < 1.29 is 18.9 Å². The summed E-state index contributed by atoms with van der Waals surface area (Å²) in [7, 11) is 6.78. The molecule has 0 unspecified atom stereocenters. The highest BCUT2D eigenvalue weighted by Crippen LogP contribution is 2.40. The molecule has 0 aliphatic carbocycles. The van der Waals surface area contributed by atoms with E-state index >= 15 is 0 Å². The molecule has 0 saturated carbocycles. The van der Waals surface area contributed by atoms with Gasteiger partial charge in [0, 0.05) is 40.3 Å². The van der Waals surface area contributed by atoms with Crippen molar-refractivity contribution >= 4 is 35.3 Å². The Hall–Kier alpha value is -4.64. The van der Waals surface area contributed by atoms with Crippen LogP contribution in [0.3, 0.4) is 0 Å². The zero-order valence-corrected chi connectivity index (χ0v) is 25.0. The monoisotopic (exact) mass is 549 g/mol. The largest absolute Gasteiger partial charge is 0.497 e. The average Bonchev–Trinajstić information content (AvgIpc) is 3.00. The summed E-state index contributed by atoms with van der Waals surface area (Å²) in [4.78, 5) is 2.18. The van der Waals surface area contributed by atoms with Gasteiger partial charge in [-0.15, -0.1) is 0 Å². The molecule has 0 fully saturated rings. The van der Waals surface area contributed by atoms with Crippen LogP contribution in [0.5, 0.6) is 23.0 Å². The van der Waals surface area contributed by atoms with E-state index in [2.05, 4.69) is 91.6 Å². The van der Waals surface area contributed by atoms with Crippen molar-refractivity contribution in [3.05, 3.63) is 107 Å². The molecule has 0 aromatic heterocycles. The van der Waals surface area contributed by atoms with E-state index in [4.69, 9.17) is 18.9 Å². The molecule has 0 atom stereocenters. The molecule has 0 aliphatic rings. The van der Waals surface area contributed by atoms with Gasteiger partial charge >= 0.3 is 0 Å². The fourth-order valence-electron chi connectivity index (χ4n) is 4.74. The van der Waals surface area contributed by atoms with Gasteiger partial charge in [0.15, 0.2) is 0 Å². The Morgan fingerprint density at radius 3 is 1.76 bits per heavy atom. The number of rotatable bonds is 11. The quantitative estimate of drug-likeness (QED) is 0.174. The maximum absolute atomic E-state index is 5.88. The van der Waals surface area contributed by atoms with Gasteiger partial charge in [0.2, 0.25) is 0 Å². The molecule has 5 heteroatoms. The fraction of sp³-hybridized carbons (Fsp3) is 0.222. The van der Waals surface area contributed by atoms with E-state index in [1.54, 1.807) is 28.4 Å². The van der Waals surface area contributed by atoms with Gasteiger partial charge in [-0.25, -0.2) is 0 Å². The van der Waals surface area contributed by atoms with Crippen molar-refractivity contribution in [2.24, 2.45) is 0 Å². The summed E-state index contributed by atoms with van der Waals surface area (Å²) < 4.78 is 22.6. The molecule has 41 heavy (non-hydrogen) atoms. The summed E-state index contributed by atoms with van der Waals surface area (Å²) in [6, 6.07) is 24.7. The van der Waals surface area contributed by atoms with Gasteiger partial charge in [-0.05, 0) is 91.6 Å². The second-order valence-corrected chi connectivity index (χ2v) is 9.71. The van der Waals surface area contributed by atoms with Gasteiger partial charge in [0.25, 0.3) is 0 Å². The molecule has 4 aromatic rings. The van der Waals surface area contributed by atoms with E-state index in [-0.39, 0.29) is 0 Å². The van der Waals surface area contributed by atoms with Crippen molar-refractivity contribution in [1.29, 1.82) is 0 Å². The number of ether oxygens (including phenoxy) is 4. The Morgan fingerprint density at radius 2 is 1.12 bits per heavy atom. The molecular formula is C36H39NO4. The number of hydrogen-bond acceptors (Lipinski definition) is 5. The van der Waals surface area contributed by atoms with Crippen molar-refractivity contribution in [3.63, 3.8) is 0 Å². The number of methoxy groups -OCH3 is 4. The average molecular weight is 550 g/mol. The summed E-state index contributed by atoms with van der Waals surface area (Å²) in [5.74, 6) is 3.25. The van der Waals surface area contributed by atoms with Crippen LogP contribution < -0.4 is 23.8 Å². The lowest BCUT2D eigenvalue weighted by atomic mass is 10.0. The Morgan fingerprint density at radius 1 is 0.537 bits per heavy atom. The zero-order valence-electron chi connectivity index (χ0n) is 25.0. The van der Waals surface area contributed by atoms with E-state index < -0.39 is 0 Å². The highest BCUT2D eigenvalue weighted by Gasteiger charge is 2.16. The SMILES string of the molecule is CC/C=C\c1cc(C)c(/C=C\c2ccc(N(c3ccc(OC)cc3)c3ccc(C)c(OC)c3)cc2OC)cc1OC. The van der Waals surface area contributed by atoms with Crippen LogP contribution in [-0.4, -0.2) is 28.4 Å². The van der Waals surface area contributed by atoms with Crippen LogP contribution in [0.2, 0.25) is 0 Å². The Bertz CT molecular complexity index is 1540. The molecule has 0 bridgehead atoms. The molecule has 0 aliphatic heterocycles. The lowest BCUT2D eigenvalue weighted by Crippen LogP contribution is -2.10. The molecular weight excluding hydrogens is 510 g/mol. The van der Waals surface area contributed by atoms with Crippen LogP contribution >= 0.6 is 0 Å². The summed E-state index contributed by atoms with van der Waals surface area (Å²) in [5.41, 5.74) is 8.31. The summed E-state index contributed by atoms with van der Waals surface area (Å²) in [5, 5.41) is 0. The summed E-state index contributed by atoms with van der Waals surface area (Å²) in [6.45, 7) is 6.28. The van der Waals surface area contributed by atoms with Crippen molar-refractivity contribution in [2.45, 2.75) is 27.2 Å². The first-order valence-corrected chi connectivity index (χ1v) is 13.7. The first-order chi connectivity index (χ1) is 19.9. The van der Waals surface area contributed by atoms with Gasteiger partial charge in [-0.3, -0.25) is 0 Å². The Labute approximate surface area is 244 Å².